The molecule has 4 heteroatoms. The van der Waals surface area contributed by atoms with E-state index in [4.69, 9.17) is 4.74 Å². The van der Waals surface area contributed by atoms with Crippen molar-refractivity contribution >= 4 is 5.91 Å². The van der Waals surface area contributed by atoms with Crippen LogP contribution in [0.15, 0.2) is 48.5 Å². The van der Waals surface area contributed by atoms with Crippen LogP contribution in [0, 0.1) is 5.92 Å². The van der Waals surface area contributed by atoms with Crippen LogP contribution >= 0.6 is 0 Å². The molecule has 152 valence electrons. The third-order valence-corrected chi connectivity index (χ3v) is 4.67. The van der Waals surface area contributed by atoms with Crippen molar-refractivity contribution in [1.82, 2.24) is 10.2 Å². The summed E-state index contributed by atoms with van der Waals surface area (Å²) in [4.78, 5) is 14.5. The molecule has 0 fully saturated rings. The Morgan fingerprint density at radius 1 is 1.04 bits per heavy atom. The van der Waals surface area contributed by atoms with Gasteiger partial charge < -0.3 is 15.0 Å². The molecule has 0 aliphatic heterocycles. The zero-order valence-corrected chi connectivity index (χ0v) is 17.9. The highest BCUT2D eigenvalue weighted by Crippen LogP contribution is 2.24. The van der Waals surface area contributed by atoms with Gasteiger partial charge in [0.2, 0.25) is 5.91 Å². The third kappa shape index (κ3) is 7.10. The van der Waals surface area contributed by atoms with Crippen LogP contribution in [0.25, 0.3) is 11.1 Å². The van der Waals surface area contributed by atoms with E-state index in [-0.39, 0.29) is 5.91 Å². The first-order valence-corrected chi connectivity index (χ1v) is 10.1. The second-order valence-corrected chi connectivity index (χ2v) is 8.01. The van der Waals surface area contributed by atoms with E-state index < -0.39 is 6.10 Å². The number of nitrogens with one attached hydrogen (secondary N) is 1. The lowest BCUT2D eigenvalue weighted by molar-refractivity contribution is -0.132. The molecule has 0 saturated heterocycles. The Morgan fingerprint density at radius 2 is 1.71 bits per heavy atom. The molecule has 4 nitrogen and oxygen atoms in total. The molecule has 2 aromatic carbocycles. The standard InChI is InChI=1S/C24H34N2O2/c1-18(2)14-15-28-19(3)24(27)25-16-22-8-6-7-9-23(22)21-12-10-20(11-13-21)17-26(4)5/h6-13,18-19H,14-17H2,1-5H3,(H,25,27)/t19-/m1/s1. The van der Waals surface area contributed by atoms with Crippen LogP contribution in [0.4, 0.5) is 0 Å². The topological polar surface area (TPSA) is 41.6 Å². The van der Waals surface area contributed by atoms with E-state index in [0.29, 0.717) is 19.1 Å². The van der Waals surface area contributed by atoms with Crippen LogP contribution in [-0.4, -0.2) is 37.6 Å². The van der Waals surface area contributed by atoms with Gasteiger partial charge in [0.15, 0.2) is 0 Å². The highest BCUT2D eigenvalue weighted by atomic mass is 16.5. The maximum absolute atomic E-state index is 12.3. The molecule has 2 aromatic rings. The first kappa shape index (κ1) is 22.1. The number of carbonyl (C=O) groups excluding carboxylic acids is 1. The predicted molar refractivity (Wildman–Crippen MR) is 116 cm³/mol. The minimum atomic E-state index is -0.434. The molecule has 1 atom stereocenters. The molecule has 0 unspecified atom stereocenters. The van der Waals surface area contributed by atoms with Crippen LogP contribution < -0.4 is 5.32 Å². The predicted octanol–water partition coefficient (Wildman–Crippen LogP) is 4.48. The normalized spacial score (nSPS) is 12.4. The van der Waals surface area contributed by atoms with E-state index in [2.05, 4.69) is 74.6 Å². The van der Waals surface area contributed by atoms with Crippen LogP contribution in [0.2, 0.25) is 0 Å². The molecule has 0 aromatic heterocycles. The number of nitrogens with zero attached hydrogens (tertiary/aromatic N) is 1. The Kier molecular flexibility index (Phi) is 8.68. The second kappa shape index (κ2) is 11.0. The first-order chi connectivity index (χ1) is 13.4. The summed E-state index contributed by atoms with van der Waals surface area (Å²) in [6.07, 6.45) is 0.529. The summed E-state index contributed by atoms with van der Waals surface area (Å²) < 4.78 is 5.65. The number of amides is 1. The SMILES string of the molecule is CC(C)CCO[C@H](C)C(=O)NCc1ccccc1-c1ccc(CN(C)C)cc1. The fourth-order valence-corrected chi connectivity index (χ4v) is 2.99. The molecule has 28 heavy (non-hydrogen) atoms. The van der Waals surface area contributed by atoms with Crippen molar-refractivity contribution in [3.63, 3.8) is 0 Å². The van der Waals surface area contributed by atoms with Crippen molar-refractivity contribution in [2.45, 2.75) is 46.4 Å². The molecule has 0 bridgehead atoms. The van der Waals surface area contributed by atoms with E-state index in [9.17, 15) is 4.79 Å². The van der Waals surface area contributed by atoms with Crippen LogP contribution in [0.1, 0.15) is 38.3 Å². The second-order valence-electron chi connectivity index (χ2n) is 8.01. The summed E-state index contributed by atoms with van der Waals surface area (Å²) in [5, 5.41) is 3.01. The van der Waals surface area contributed by atoms with Gasteiger partial charge in [0.1, 0.15) is 6.10 Å². The Labute approximate surface area is 169 Å². The van der Waals surface area contributed by atoms with Gasteiger partial charge >= 0.3 is 0 Å². The van der Waals surface area contributed by atoms with Gasteiger partial charge in [0, 0.05) is 19.7 Å². The third-order valence-electron chi connectivity index (χ3n) is 4.67. The van der Waals surface area contributed by atoms with Crippen molar-refractivity contribution < 1.29 is 9.53 Å². The molecule has 1 N–H and O–H groups in total. The lowest BCUT2D eigenvalue weighted by atomic mass is 9.98. The van der Waals surface area contributed by atoms with Crippen molar-refractivity contribution in [1.29, 1.82) is 0 Å². The molecule has 0 saturated carbocycles. The van der Waals surface area contributed by atoms with E-state index in [1.54, 1.807) is 0 Å². The minimum Gasteiger partial charge on any atom is -0.369 e. The average Bonchev–Trinajstić information content (AvgIpc) is 2.66. The Morgan fingerprint density at radius 3 is 2.36 bits per heavy atom. The number of carbonyl (C=O) groups is 1. The number of hydrogen-bond acceptors (Lipinski definition) is 3. The summed E-state index contributed by atoms with van der Waals surface area (Å²) in [5.74, 6) is 0.506. The van der Waals surface area contributed by atoms with Crippen molar-refractivity contribution in [2.75, 3.05) is 20.7 Å². The maximum Gasteiger partial charge on any atom is 0.249 e. The highest BCUT2D eigenvalue weighted by Gasteiger charge is 2.14. The fourth-order valence-electron chi connectivity index (χ4n) is 2.99. The molecule has 0 heterocycles. The van der Waals surface area contributed by atoms with Gasteiger partial charge in [-0.3, -0.25) is 4.79 Å². The molecule has 0 spiro atoms. The monoisotopic (exact) mass is 382 g/mol. The van der Waals surface area contributed by atoms with Gasteiger partial charge in [-0.25, -0.2) is 0 Å². The largest absolute Gasteiger partial charge is 0.369 e. The Balaban J connectivity index is 1.99. The number of benzene rings is 2. The van der Waals surface area contributed by atoms with Crippen molar-refractivity contribution in [3.8, 4) is 11.1 Å². The summed E-state index contributed by atoms with van der Waals surface area (Å²) in [5.41, 5.74) is 4.69. The van der Waals surface area contributed by atoms with Gasteiger partial charge in [0.05, 0.1) is 0 Å². The maximum atomic E-state index is 12.3. The van der Waals surface area contributed by atoms with E-state index >= 15 is 0 Å². The van der Waals surface area contributed by atoms with Crippen molar-refractivity contribution in [3.05, 3.63) is 59.7 Å². The number of hydrogen-bond donors (Lipinski definition) is 1. The summed E-state index contributed by atoms with van der Waals surface area (Å²) in [6.45, 7) is 8.14. The fraction of sp³-hybridized carbons (Fsp3) is 0.458. The smallest absolute Gasteiger partial charge is 0.249 e. The van der Waals surface area contributed by atoms with Gasteiger partial charge in [-0.2, -0.15) is 0 Å². The van der Waals surface area contributed by atoms with E-state index in [0.717, 1.165) is 29.7 Å². The van der Waals surface area contributed by atoms with Crippen LogP contribution in [-0.2, 0) is 22.6 Å². The molecular weight excluding hydrogens is 348 g/mol. The van der Waals surface area contributed by atoms with E-state index in [1.807, 2.05) is 19.1 Å². The molecule has 1 amide bonds. The van der Waals surface area contributed by atoms with Gasteiger partial charge in [-0.15, -0.1) is 0 Å². The first-order valence-electron chi connectivity index (χ1n) is 10.1. The van der Waals surface area contributed by atoms with E-state index in [1.165, 1.54) is 5.56 Å². The zero-order valence-electron chi connectivity index (χ0n) is 17.9. The Bertz CT molecular complexity index is 739. The summed E-state index contributed by atoms with van der Waals surface area (Å²) in [6, 6.07) is 16.8. The molecular formula is C24H34N2O2. The average molecular weight is 383 g/mol. The van der Waals surface area contributed by atoms with Gasteiger partial charge in [-0.1, -0.05) is 62.4 Å². The zero-order chi connectivity index (χ0) is 20.5. The number of ether oxygens (including phenoxy) is 1. The summed E-state index contributed by atoms with van der Waals surface area (Å²) >= 11 is 0. The highest BCUT2D eigenvalue weighted by molar-refractivity contribution is 5.80. The summed E-state index contributed by atoms with van der Waals surface area (Å²) in [7, 11) is 4.14. The molecule has 0 radical (unpaired) electrons. The number of rotatable bonds is 10. The van der Waals surface area contributed by atoms with Crippen molar-refractivity contribution in [2.24, 2.45) is 5.92 Å². The quantitative estimate of drug-likeness (QED) is 0.659. The molecule has 0 aliphatic rings. The van der Waals surface area contributed by atoms with Gasteiger partial charge in [0.25, 0.3) is 0 Å². The lowest BCUT2D eigenvalue weighted by Gasteiger charge is -2.16. The van der Waals surface area contributed by atoms with Crippen LogP contribution in [0.5, 0.6) is 0 Å². The minimum absolute atomic E-state index is 0.0695. The molecule has 2 rings (SSSR count). The molecule has 0 aliphatic carbocycles. The van der Waals surface area contributed by atoms with Crippen LogP contribution in [0.3, 0.4) is 0 Å². The lowest BCUT2D eigenvalue weighted by Crippen LogP contribution is -2.34. The van der Waals surface area contributed by atoms with Gasteiger partial charge in [-0.05, 0) is 55.6 Å². The Hall–Kier alpha value is -2.17.